The van der Waals surface area contributed by atoms with Crippen LogP contribution in [-0.2, 0) is 0 Å². The third-order valence-corrected chi connectivity index (χ3v) is 4.89. The van der Waals surface area contributed by atoms with Gasteiger partial charge in [-0.15, -0.1) is 0 Å². The van der Waals surface area contributed by atoms with Crippen molar-refractivity contribution in [3.8, 4) is 0 Å². The third kappa shape index (κ3) is 3.71. The number of amides is 1. The van der Waals surface area contributed by atoms with Crippen molar-refractivity contribution in [2.45, 2.75) is 13.0 Å². The zero-order valence-corrected chi connectivity index (χ0v) is 15.1. The molecule has 1 aliphatic heterocycles. The Morgan fingerprint density at radius 2 is 1.85 bits per heavy atom. The van der Waals surface area contributed by atoms with Gasteiger partial charge in [0.25, 0.3) is 11.6 Å². The average molecular weight is 396 g/mol. The van der Waals surface area contributed by atoms with Crippen LogP contribution in [0.5, 0.6) is 0 Å². The summed E-state index contributed by atoms with van der Waals surface area (Å²) < 4.78 is 27.6. The number of non-ortho nitro benzene ring substituents is 1. The van der Waals surface area contributed by atoms with Crippen molar-refractivity contribution < 1.29 is 18.5 Å². The van der Waals surface area contributed by atoms with Crippen LogP contribution in [0.2, 0.25) is 5.02 Å². The lowest BCUT2D eigenvalue weighted by atomic mass is 10.1. The van der Waals surface area contributed by atoms with E-state index < -0.39 is 28.0 Å². The molecule has 27 heavy (non-hydrogen) atoms. The van der Waals surface area contributed by atoms with Crippen LogP contribution >= 0.6 is 11.6 Å². The molecule has 1 atom stereocenters. The summed E-state index contributed by atoms with van der Waals surface area (Å²) in [5.74, 6) is -3.04. The molecule has 1 saturated heterocycles. The van der Waals surface area contributed by atoms with E-state index in [-0.39, 0.29) is 23.3 Å². The fraction of sp³-hybridized carbons (Fsp3) is 0.278. The number of nitro groups is 1. The Bertz CT molecular complexity index is 892. The van der Waals surface area contributed by atoms with E-state index in [4.69, 9.17) is 11.6 Å². The first-order valence-corrected chi connectivity index (χ1v) is 8.61. The van der Waals surface area contributed by atoms with Crippen molar-refractivity contribution in [1.29, 1.82) is 0 Å². The molecule has 2 aromatic carbocycles. The van der Waals surface area contributed by atoms with Crippen molar-refractivity contribution >= 4 is 28.9 Å². The lowest BCUT2D eigenvalue weighted by molar-refractivity contribution is -0.384. The van der Waals surface area contributed by atoms with Gasteiger partial charge in [0.15, 0.2) is 11.6 Å². The molecular weight excluding hydrogens is 380 g/mol. The highest BCUT2D eigenvalue weighted by Gasteiger charge is 2.31. The second-order valence-corrected chi connectivity index (χ2v) is 6.69. The Balaban J connectivity index is 1.76. The Labute approximate surface area is 159 Å². The average Bonchev–Trinajstić information content (AvgIpc) is 2.65. The zero-order chi connectivity index (χ0) is 19.7. The normalized spacial score (nSPS) is 17.1. The van der Waals surface area contributed by atoms with Gasteiger partial charge in [0.2, 0.25) is 0 Å². The molecule has 0 saturated carbocycles. The van der Waals surface area contributed by atoms with E-state index in [0.717, 1.165) is 17.8 Å². The highest BCUT2D eigenvalue weighted by molar-refractivity contribution is 6.33. The number of halogens is 3. The predicted molar refractivity (Wildman–Crippen MR) is 97.2 cm³/mol. The first-order chi connectivity index (χ1) is 12.8. The van der Waals surface area contributed by atoms with Gasteiger partial charge < -0.3 is 9.80 Å². The standard InChI is InChI=1S/C18H16ClF2N3O3/c1-11-10-22(12-2-4-13(5-3-12)24(26)27)8-9-23(11)18(25)16-14(19)6-7-15(20)17(16)21/h2-7,11H,8-10H2,1H3/t11-/m0/s1. The largest absolute Gasteiger partial charge is 0.368 e. The predicted octanol–water partition coefficient (Wildman–Crippen LogP) is 3.88. The van der Waals surface area contributed by atoms with Crippen LogP contribution in [0.25, 0.3) is 0 Å². The third-order valence-electron chi connectivity index (χ3n) is 4.57. The molecule has 0 aromatic heterocycles. The van der Waals surface area contributed by atoms with E-state index in [9.17, 15) is 23.7 Å². The number of benzene rings is 2. The molecule has 0 aliphatic carbocycles. The minimum Gasteiger partial charge on any atom is -0.368 e. The van der Waals surface area contributed by atoms with Gasteiger partial charge in [0, 0.05) is 43.5 Å². The first-order valence-electron chi connectivity index (χ1n) is 8.23. The molecule has 6 nitrogen and oxygen atoms in total. The number of carbonyl (C=O) groups excluding carboxylic acids is 1. The molecule has 2 aromatic rings. The maximum absolute atomic E-state index is 14.1. The molecule has 3 rings (SSSR count). The van der Waals surface area contributed by atoms with Crippen molar-refractivity contribution in [1.82, 2.24) is 4.90 Å². The van der Waals surface area contributed by atoms with Gasteiger partial charge in [-0.2, -0.15) is 0 Å². The maximum atomic E-state index is 14.1. The molecule has 0 radical (unpaired) electrons. The van der Waals surface area contributed by atoms with Crippen LogP contribution in [0.4, 0.5) is 20.2 Å². The van der Waals surface area contributed by atoms with Crippen LogP contribution in [-0.4, -0.2) is 41.4 Å². The molecule has 142 valence electrons. The first kappa shape index (κ1) is 19.0. The lowest BCUT2D eigenvalue weighted by Crippen LogP contribution is -2.54. The van der Waals surface area contributed by atoms with E-state index >= 15 is 0 Å². The van der Waals surface area contributed by atoms with Crippen molar-refractivity contribution in [2.24, 2.45) is 0 Å². The van der Waals surface area contributed by atoms with Crippen LogP contribution < -0.4 is 4.90 Å². The summed E-state index contributed by atoms with van der Waals surface area (Å²) in [7, 11) is 0. The summed E-state index contributed by atoms with van der Waals surface area (Å²) in [5, 5.41) is 10.6. The molecule has 1 fully saturated rings. The van der Waals surface area contributed by atoms with Crippen LogP contribution in [0.15, 0.2) is 36.4 Å². The van der Waals surface area contributed by atoms with E-state index in [0.29, 0.717) is 13.1 Å². The van der Waals surface area contributed by atoms with Gasteiger partial charge in [0.1, 0.15) is 0 Å². The van der Waals surface area contributed by atoms with Gasteiger partial charge in [-0.3, -0.25) is 14.9 Å². The summed E-state index contributed by atoms with van der Waals surface area (Å²) >= 11 is 5.91. The SMILES string of the molecule is C[C@H]1CN(c2ccc([N+](=O)[O-])cc2)CCN1C(=O)c1c(Cl)ccc(F)c1F. The number of piperazine rings is 1. The van der Waals surface area contributed by atoms with E-state index in [1.165, 1.54) is 17.0 Å². The van der Waals surface area contributed by atoms with Gasteiger partial charge in [-0.05, 0) is 31.2 Å². The molecule has 0 bridgehead atoms. The van der Waals surface area contributed by atoms with Crippen LogP contribution in [0.1, 0.15) is 17.3 Å². The monoisotopic (exact) mass is 395 g/mol. The van der Waals surface area contributed by atoms with Gasteiger partial charge >= 0.3 is 0 Å². The fourth-order valence-electron chi connectivity index (χ4n) is 3.15. The lowest BCUT2D eigenvalue weighted by Gasteiger charge is -2.41. The maximum Gasteiger partial charge on any atom is 0.269 e. The Morgan fingerprint density at radius 1 is 1.19 bits per heavy atom. The Kier molecular flexibility index (Phi) is 5.27. The molecule has 0 spiro atoms. The Hall–Kier alpha value is -2.74. The Morgan fingerprint density at radius 3 is 2.44 bits per heavy atom. The van der Waals surface area contributed by atoms with Crippen molar-refractivity contribution in [3.05, 3.63) is 68.7 Å². The molecular formula is C18H16ClF2N3O3. The summed E-state index contributed by atoms with van der Waals surface area (Å²) in [6.45, 7) is 2.96. The van der Waals surface area contributed by atoms with Gasteiger partial charge in [0.05, 0.1) is 15.5 Å². The number of rotatable bonds is 3. The molecule has 0 unspecified atom stereocenters. The second-order valence-electron chi connectivity index (χ2n) is 6.29. The van der Waals surface area contributed by atoms with Crippen LogP contribution in [0, 0.1) is 21.7 Å². The second kappa shape index (κ2) is 7.48. The molecule has 1 heterocycles. The summed E-state index contributed by atoms with van der Waals surface area (Å²) in [5.41, 5.74) is 0.318. The number of nitro benzene ring substituents is 1. The van der Waals surface area contributed by atoms with Gasteiger partial charge in [-0.25, -0.2) is 8.78 Å². The van der Waals surface area contributed by atoms with E-state index in [1.807, 2.05) is 4.90 Å². The number of nitrogens with zero attached hydrogens (tertiary/aromatic N) is 3. The quantitative estimate of drug-likeness (QED) is 0.449. The fourth-order valence-corrected chi connectivity index (χ4v) is 3.37. The van der Waals surface area contributed by atoms with Gasteiger partial charge in [-0.1, -0.05) is 11.6 Å². The van der Waals surface area contributed by atoms with E-state index in [2.05, 4.69) is 0 Å². The minimum atomic E-state index is -1.25. The van der Waals surface area contributed by atoms with E-state index in [1.54, 1.807) is 19.1 Å². The molecule has 0 N–H and O–H groups in total. The highest BCUT2D eigenvalue weighted by atomic mass is 35.5. The topological polar surface area (TPSA) is 66.7 Å². The molecule has 9 heteroatoms. The summed E-state index contributed by atoms with van der Waals surface area (Å²) in [4.78, 5) is 26.4. The number of carbonyl (C=O) groups is 1. The molecule has 1 amide bonds. The smallest absolute Gasteiger partial charge is 0.269 e. The summed E-state index contributed by atoms with van der Waals surface area (Å²) in [6.07, 6.45) is 0. The van der Waals surface area contributed by atoms with Crippen molar-refractivity contribution in [3.63, 3.8) is 0 Å². The number of hydrogen-bond donors (Lipinski definition) is 0. The molecule has 1 aliphatic rings. The number of hydrogen-bond acceptors (Lipinski definition) is 4. The minimum absolute atomic E-state index is 0.00293. The zero-order valence-electron chi connectivity index (χ0n) is 14.4. The highest BCUT2D eigenvalue weighted by Crippen LogP contribution is 2.27. The van der Waals surface area contributed by atoms with Crippen LogP contribution in [0.3, 0.4) is 0 Å². The number of anilines is 1. The van der Waals surface area contributed by atoms with Crippen molar-refractivity contribution in [2.75, 3.05) is 24.5 Å². The summed E-state index contributed by atoms with van der Waals surface area (Å²) in [6, 6.07) is 7.87.